The first-order valence-electron chi connectivity index (χ1n) is 10.0. The van der Waals surface area contributed by atoms with Gasteiger partial charge in [-0.2, -0.15) is 0 Å². The lowest BCUT2D eigenvalue weighted by Crippen LogP contribution is -2.38. The van der Waals surface area contributed by atoms with Crippen molar-refractivity contribution >= 4 is 17.5 Å². The SMILES string of the molecule is CC1CCN(C(=O)c2ccc(NC(=O)CNC3CCCCC3)cc2)CC1. The third-order valence-electron chi connectivity index (χ3n) is 5.64. The van der Waals surface area contributed by atoms with Crippen LogP contribution in [-0.4, -0.2) is 42.4 Å². The number of rotatable bonds is 5. The smallest absolute Gasteiger partial charge is 0.253 e. The van der Waals surface area contributed by atoms with Crippen molar-refractivity contribution in [3.8, 4) is 0 Å². The van der Waals surface area contributed by atoms with Gasteiger partial charge in [-0.3, -0.25) is 9.59 Å². The van der Waals surface area contributed by atoms with E-state index in [0.717, 1.165) is 31.6 Å². The fourth-order valence-electron chi connectivity index (χ4n) is 3.84. The van der Waals surface area contributed by atoms with Crippen LogP contribution in [0.4, 0.5) is 5.69 Å². The number of anilines is 1. The van der Waals surface area contributed by atoms with Crippen molar-refractivity contribution in [1.29, 1.82) is 0 Å². The van der Waals surface area contributed by atoms with Gasteiger partial charge in [-0.15, -0.1) is 0 Å². The Bertz CT molecular complexity index is 600. The van der Waals surface area contributed by atoms with Gasteiger partial charge in [-0.1, -0.05) is 26.2 Å². The zero-order valence-electron chi connectivity index (χ0n) is 15.8. The maximum Gasteiger partial charge on any atom is 0.253 e. The standard InChI is InChI=1S/C21H31N3O2/c1-16-11-13-24(14-12-16)21(26)17-7-9-19(10-8-17)23-20(25)15-22-18-5-3-2-4-6-18/h7-10,16,18,22H,2-6,11-15H2,1H3,(H,23,25). The Kier molecular flexibility index (Phi) is 6.67. The van der Waals surface area contributed by atoms with E-state index in [1.807, 2.05) is 29.2 Å². The van der Waals surface area contributed by atoms with Crippen molar-refractivity contribution < 1.29 is 9.59 Å². The average molecular weight is 357 g/mol. The molecular formula is C21H31N3O2. The molecule has 0 spiro atoms. The Hall–Kier alpha value is -1.88. The first-order chi connectivity index (χ1) is 12.6. The monoisotopic (exact) mass is 357 g/mol. The van der Waals surface area contributed by atoms with Gasteiger partial charge in [0.2, 0.25) is 5.91 Å². The van der Waals surface area contributed by atoms with Crippen molar-refractivity contribution in [1.82, 2.24) is 10.2 Å². The van der Waals surface area contributed by atoms with Crippen molar-refractivity contribution in [2.45, 2.75) is 57.9 Å². The lowest BCUT2D eigenvalue weighted by atomic mass is 9.95. The van der Waals surface area contributed by atoms with Gasteiger partial charge in [0.1, 0.15) is 0 Å². The van der Waals surface area contributed by atoms with E-state index >= 15 is 0 Å². The second-order valence-corrected chi connectivity index (χ2v) is 7.82. The number of carbonyl (C=O) groups is 2. The molecule has 26 heavy (non-hydrogen) atoms. The van der Waals surface area contributed by atoms with E-state index in [-0.39, 0.29) is 11.8 Å². The Morgan fingerprint density at radius 1 is 1.00 bits per heavy atom. The molecule has 2 aliphatic rings. The molecular weight excluding hydrogens is 326 g/mol. The number of likely N-dealkylation sites (tertiary alicyclic amines) is 1. The highest BCUT2D eigenvalue weighted by Gasteiger charge is 2.21. The molecule has 0 radical (unpaired) electrons. The molecule has 2 fully saturated rings. The number of nitrogens with one attached hydrogen (secondary N) is 2. The molecule has 1 aliphatic carbocycles. The van der Waals surface area contributed by atoms with Crippen LogP contribution < -0.4 is 10.6 Å². The number of hydrogen-bond donors (Lipinski definition) is 2. The van der Waals surface area contributed by atoms with Crippen LogP contribution >= 0.6 is 0 Å². The molecule has 2 N–H and O–H groups in total. The van der Waals surface area contributed by atoms with Crippen LogP contribution in [0.5, 0.6) is 0 Å². The van der Waals surface area contributed by atoms with E-state index in [4.69, 9.17) is 0 Å². The average Bonchev–Trinajstić information content (AvgIpc) is 2.68. The summed E-state index contributed by atoms with van der Waals surface area (Å²) in [5, 5.41) is 6.25. The van der Waals surface area contributed by atoms with Crippen LogP contribution in [0.1, 0.15) is 62.2 Å². The van der Waals surface area contributed by atoms with E-state index < -0.39 is 0 Å². The Morgan fingerprint density at radius 3 is 2.31 bits per heavy atom. The molecule has 1 heterocycles. The van der Waals surface area contributed by atoms with Crippen LogP contribution in [0.25, 0.3) is 0 Å². The summed E-state index contributed by atoms with van der Waals surface area (Å²) in [6.45, 7) is 4.26. The predicted octanol–water partition coefficient (Wildman–Crippen LogP) is 3.42. The van der Waals surface area contributed by atoms with Crippen molar-refractivity contribution in [2.75, 3.05) is 25.0 Å². The van der Waals surface area contributed by atoms with Crippen LogP contribution in [0.15, 0.2) is 24.3 Å². The minimum atomic E-state index is -0.0281. The second kappa shape index (κ2) is 9.17. The molecule has 1 saturated heterocycles. The highest BCUT2D eigenvalue weighted by molar-refractivity contribution is 5.96. The van der Waals surface area contributed by atoms with Crippen molar-refractivity contribution in [3.63, 3.8) is 0 Å². The first-order valence-corrected chi connectivity index (χ1v) is 10.0. The molecule has 0 aromatic heterocycles. The summed E-state index contributed by atoms with van der Waals surface area (Å²) < 4.78 is 0. The van der Waals surface area contributed by atoms with Gasteiger partial charge < -0.3 is 15.5 Å². The third-order valence-corrected chi connectivity index (χ3v) is 5.64. The molecule has 5 heteroatoms. The topological polar surface area (TPSA) is 61.4 Å². The molecule has 5 nitrogen and oxygen atoms in total. The third kappa shape index (κ3) is 5.31. The summed E-state index contributed by atoms with van der Waals surface area (Å²) in [7, 11) is 0. The number of hydrogen-bond acceptors (Lipinski definition) is 3. The number of carbonyl (C=O) groups excluding carboxylic acids is 2. The molecule has 1 aromatic carbocycles. The zero-order chi connectivity index (χ0) is 18.4. The van der Waals surface area contributed by atoms with Gasteiger partial charge in [0, 0.05) is 30.4 Å². The van der Waals surface area contributed by atoms with E-state index in [1.165, 1.54) is 32.1 Å². The molecule has 0 atom stereocenters. The zero-order valence-corrected chi connectivity index (χ0v) is 15.8. The lowest BCUT2D eigenvalue weighted by Gasteiger charge is -2.30. The highest BCUT2D eigenvalue weighted by atomic mass is 16.2. The minimum absolute atomic E-state index is 0.0281. The summed E-state index contributed by atoms with van der Waals surface area (Å²) >= 11 is 0. The molecule has 1 aromatic rings. The number of piperidine rings is 1. The Morgan fingerprint density at radius 2 is 1.65 bits per heavy atom. The van der Waals surface area contributed by atoms with Gasteiger partial charge in [0.15, 0.2) is 0 Å². The fraction of sp³-hybridized carbons (Fsp3) is 0.619. The number of amides is 2. The maximum absolute atomic E-state index is 12.5. The number of nitrogens with zero attached hydrogens (tertiary/aromatic N) is 1. The fourth-order valence-corrected chi connectivity index (χ4v) is 3.84. The Labute approximate surface area is 156 Å². The molecule has 2 amide bonds. The van der Waals surface area contributed by atoms with E-state index in [0.29, 0.717) is 24.1 Å². The van der Waals surface area contributed by atoms with E-state index in [9.17, 15) is 9.59 Å². The second-order valence-electron chi connectivity index (χ2n) is 7.82. The largest absolute Gasteiger partial charge is 0.339 e. The maximum atomic E-state index is 12.5. The molecule has 1 saturated carbocycles. The van der Waals surface area contributed by atoms with E-state index in [1.54, 1.807) is 0 Å². The van der Waals surface area contributed by atoms with E-state index in [2.05, 4.69) is 17.6 Å². The highest BCUT2D eigenvalue weighted by Crippen LogP contribution is 2.19. The van der Waals surface area contributed by atoms with Gasteiger partial charge in [-0.25, -0.2) is 0 Å². The van der Waals surface area contributed by atoms with Crippen molar-refractivity contribution in [2.24, 2.45) is 5.92 Å². The molecule has 0 bridgehead atoms. The Balaban J connectivity index is 1.46. The first kappa shape index (κ1) is 18.9. The molecule has 0 unspecified atom stereocenters. The van der Waals surface area contributed by atoms with Gasteiger partial charge in [0.25, 0.3) is 5.91 Å². The summed E-state index contributed by atoms with van der Waals surface area (Å²) in [4.78, 5) is 26.6. The lowest BCUT2D eigenvalue weighted by molar-refractivity contribution is -0.115. The summed E-state index contributed by atoms with van der Waals surface area (Å²) in [6, 6.07) is 7.73. The summed E-state index contributed by atoms with van der Waals surface area (Å²) in [5.41, 5.74) is 1.43. The van der Waals surface area contributed by atoms with Crippen molar-refractivity contribution in [3.05, 3.63) is 29.8 Å². The molecule has 3 rings (SSSR count). The summed E-state index contributed by atoms with van der Waals surface area (Å²) in [5.74, 6) is 0.771. The van der Waals surface area contributed by atoms with Crippen LogP contribution in [-0.2, 0) is 4.79 Å². The minimum Gasteiger partial charge on any atom is -0.339 e. The molecule has 1 aliphatic heterocycles. The number of benzene rings is 1. The van der Waals surface area contributed by atoms with Gasteiger partial charge in [-0.05, 0) is 55.9 Å². The predicted molar refractivity (Wildman–Crippen MR) is 104 cm³/mol. The van der Waals surface area contributed by atoms with Crippen LogP contribution in [0, 0.1) is 5.92 Å². The normalized spacial score (nSPS) is 19.3. The van der Waals surface area contributed by atoms with Crippen LogP contribution in [0.2, 0.25) is 0 Å². The van der Waals surface area contributed by atoms with Crippen LogP contribution in [0.3, 0.4) is 0 Å². The quantitative estimate of drug-likeness (QED) is 0.849. The summed E-state index contributed by atoms with van der Waals surface area (Å²) in [6.07, 6.45) is 8.31. The van der Waals surface area contributed by atoms with Gasteiger partial charge in [0.05, 0.1) is 6.54 Å². The molecule has 142 valence electrons. The van der Waals surface area contributed by atoms with Gasteiger partial charge >= 0.3 is 0 Å².